The molecule has 0 bridgehead atoms. The van der Waals surface area contributed by atoms with Gasteiger partial charge in [-0.05, 0) is 0 Å². The van der Waals surface area contributed by atoms with Gasteiger partial charge in [0.05, 0.1) is 0 Å². The summed E-state index contributed by atoms with van der Waals surface area (Å²) in [6.07, 6.45) is 6.23. The maximum absolute atomic E-state index is 9.69. The molecule has 0 aliphatic rings. The summed E-state index contributed by atoms with van der Waals surface area (Å²) in [5, 5.41) is 19.4. The predicted octanol–water partition coefficient (Wildman–Crippen LogP) is 0.693. The van der Waals surface area contributed by atoms with Crippen LogP contribution >= 0.6 is 0 Å². The number of hydrogen-bond donors (Lipinski definition) is 0. The van der Waals surface area contributed by atoms with Crippen LogP contribution in [0.2, 0.25) is 0 Å². The number of rotatable bonds is 6. The van der Waals surface area contributed by atoms with E-state index in [1.807, 2.05) is 0 Å². The molecule has 0 amide bonds. The maximum Gasteiger partial charge on any atom is 2.00 e. The monoisotopic (exact) mass is 201 g/mol. The van der Waals surface area contributed by atoms with Crippen LogP contribution in [0.5, 0.6) is 0 Å². The zero-order chi connectivity index (χ0) is 9.66. The quantitative estimate of drug-likeness (QED) is 0.469. The van der Waals surface area contributed by atoms with Crippen LogP contribution in [-0.4, -0.2) is 30.6 Å². The van der Waals surface area contributed by atoms with Crippen molar-refractivity contribution < 1.29 is 10.2 Å². The molecule has 0 unspecified atom stereocenters. The van der Waals surface area contributed by atoms with Crippen LogP contribution in [0.3, 0.4) is 0 Å². The summed E-state index contributed by atoms with van der Waals surface area (Å²) >= 11 is 0. The molecule has 0 fully saturated rings. The molecule has 3 heteroatoms. The topological polar surface area (TPSA) is 46.1 Å². The fraction of sp³-hybridized carbons (Fsp3) is 1.00. The van der Waals surface area contributed by atoms with Gasteiger partial charge in [-0.2, -0.15) is 0 Å². The van der Waals surface area contributed by atoms with Crippen molar-refractivity contribution in [3.8, 4) is 0 Å². The molecule has 0 N–H and O–H groups in total. The van der Waals surface area contributed by atoms with Gasteiger partial charge in [-0.25, -0.2) is 0 Å². The van der Waals surface area contributed by atoms with E-state index in [0.29, 0.717) is 0 Å². The summed E-state index contributed by atoms with van der Waals surface area (Å²) in [4.78, 5) is 0. The fourth-order valence-corrected chi connectivity index (χ4v) is 0.704. The minimum Gasteiger partial charge on any atom is -0.854 e. The average molecular weight is 201 g/mol. The first-order valence-corrected chi connectivity index (χ1v) is 4.99. The standard InChI is InChI=1S/2C5H11O.Al/c2*1-2-3-4-5-6;/h2*2-5H2,1H3;/q2*-1;+2. The first-order valence-electron chi connectivity index (χ1n) is 4.99. The Morgan fingerprint density at radius 2 is 1.00 bits per heavy atom. The third-order valence-electron chi connectivity index (χ3n) is 1.50. The van der Waals surface area contributed by atoms with E-state index in [1.165, 1.54) is 0 Å². The van der Waals surface area contributed by atoms with Crippen LogP contribution in [0.15, 0.2) is 0 Å². The Hall–Kier alpha value is 0.452. The van der Waals surface area contributed by atoms with Crippen LogP contribution in [0.1, 0.15) is 52.4 Å². The first-order chi connectivity index (χ1) is 5.83. The zero-order valence-corrected chi connectivity index (χ0v) is 10.2. The summed E-state index contributed by atoms with van der Waals surface area (Å²) in [7, 11) is 0. The van der Waals surface area contributed by atoms with Crippen molar-refractivity contribution in [1.82, 2.24) is 0 Å². The predicted molar refractivity (Wildman–Crippen MR) is 54.5 cm³/mol. The number of unbranched alkanes of at least 4 members (excludes halogenated alkanes) is 4. The zero-order valence-electron chi connectivity index (χ0n) is 9.05. The fourth-order valence-electron chi connectivity index (χ4n) is 0.704. The third kappa shape index (κ3) is 32.7. The van der Waals surface area contributed by atoms with E-state index in [-0.39, 0.29) is 30.6 Å². The van der Waals surface area contributed by atoms with Crippen LogP contribution in [-0.2, 0) is 0 Å². The molecule has 0 saturated carbocycles. The average Bonchev–Trinajstić information content (AvgIpc) is 2.12. The van der Waals surface area contributed by atoms with Crippen molar-refractivity contribution in [3.63, 3.8) is 0 Å². The van der Waals surface area contributed by atoms with Crippen LogP contribution in [0.4, 0.5) is 0 Å². The van der Waals surface area contributed by atoms with E-state index in [0.717, 1.165) is 38.5 Å². The molecule has 13 heavy (non-hydrogen) atoms. The summed E-state index contributed by atoms with van der Waals surface area (Å²) in [6.45, 7) is 4.40. The van der Waals surface area contributed by atoms with Crippen LogP contribution in [0.25, 0.3) is 0 Å². The second-order valence-electron chi connectivity index (χ2n) is 2.82. The molecule has 0 aliphatic carbocycles. The van der Waals surface area contributed by atoms with E-state index in [9.17, 15) is 10.2 Å². The van der Waals surface area contributed by atoms with E-state index in [1.54, 1.807) is 0 Å². The van der Waals surface area contributed by atoms with E-state index in [4.69, 9.17) is 0 Å². The van der Waals surface area contributed by atoms with Gasteiger partial charge in [0, 0.05) is 0 Å². The van der Waals surface area contributed by atoms with Gasteiger partial charge in [0.1, 0.15) is 0 Å². The number of hydrogen-bond acceptors (Lipinski definition) is 2. The molecule has 0 spiro atoms. The van der Waals surface area contributed by atoms with Crippen molar-refractivity contribution in [3.05, 3.63) is 0 Å². The van der Waals surface area contributed by atoms with Gasteiger partial charge in [0.15, 0.2) is 0 Å². The molecule has 0 atom stereocenters. The van der Waals surface area contributed by atoms with E-state index in [2.05, 4.69) is 13.8 Å². The van der Waals surface area contributed by atoms with Crippen molar-refractivity contribution in [2.45, 2.75) is 52.4 Å². The Morgan fingerprint density at radius 1 is 0.692 bits per heavy atom. The summed E-state index contributed by atoms with van der Waals surface area (Å²) < 4.78 is 0. The largest absolute Gasteiger partial charge is 2.00 e. The molecule has 2 nitrogen and oxygen atoms in total. The van der Waals surface area contributed by atoms with E-state index >= 15 is 0 Å². The van der Waals surface area contributed by atoms with Gasteiger partial charge in [0.2, 0.25) is 0 Å². The Kier molecular flexibility index (Phi) is 33.6. The molecule has 0 aromatic heterocycles. The second kappa shape index (κ2) is 22.9. The van der Waals surface area contributed by atoms with Gasteiger partial charge in [-0.3, -0.25) is 0 Å². The first kappa shape index (κ1) is 19.1. The van der Waals surface area contributed by atoms with Crippen LogP contribution in [0, 0.1) is 0 Å². The summed E-state index contributed by atoms with van der Waals surface area (Å²) in [5.41, 5.74) is 0. The second-order valence-corrected chi connectivity index (χ2v) is 2.82. The Balaban J connectivity index is -0.000000143. The van der Waals surface area contributed by atoms with Crippen molar-refractivity contribution in [2.75, 3.05) is 13.2 Å². The molecular weight excluding hydrogens is 179 g/mol. The minimum atomic E-state index is 0. The van der Waals surface area contributed by atoms with E-state index < -0.39 is 0 Å². The molecular formula is C10H22AlO2. The third-order valence-corrected chi connectivity index (χ3v) is 1.50. The Bertz CT molecular complexity index is 44.9. The van der Waals surface area contributed by atoms with Crippen LogP contribution < -0.4 is 10.2 Å². The molecule has 77 valence electrons. The molecule has 0 aliphatic heterocycles. The molecule has 0 saturated heterocycles. The summed E-state index contributed by atoms with van der Waals surface area (Å²) in [5.74, 6) is 0. The van der Waals surface area contributed by atoms with Gasteiger partial charge < -0.3 is 10.2 Å². The molecule has 0 aromatic rings. The molecule has 0 aromatic carbocycles. The van der Waals surface area contributed by atoms with Crippen molar-refractivity contribution >= 4 is 17.4 Å². The Morgan fingerprint density at radius 3 is 1.08 bits per heavy atom. The molecule has 0 heterocycles. The Labute approximate surface area is 93.5 Å². The minimum absolute atomic E-state index is 0. The van der Waals surface area contributed by atoms with Gasteiger partial charge in [-0.15, -0.1) is 13.2 Å². The smallest absolute Gasteiger partial charge is 0.854 e. The van der Waals surface area contributed by atoms with Gasteiger partial charge >= 0.3 is 17.4 Å². The maximum atomic E-state index is 9.69. The van der Waals surface area contributed by atoms with Crippen molar-refractivity contribution in [1.29, 1.82) is 0 Å². The van der Waals surface area contributed by atoms with Gasteiger partial charge in [-0.1, -0.05) is 52.4 Å². The SMILES string of the molecule is CCCCC[O-].CCCCC[O-].[Al+2]. The van der Waals surface area contributed by atoms with Crippen molar-refractivity contribution in [2.24, 2.45) is 0 Å². The van der Waals surface area contributed by atoms with Gasteiger partial charge in [0.25, 0.3) is 0 Å². The summed E-state index contributed by atoms with van der Waals surface area (Å²) in [6, 6.07) is 0. The molecule has 1 radical (unpaired) electrons. The molecule has 0 rings (SSSR count). The normalized spacial score (nSPS) is 8.31.